The van der Waals surface area contributed by atoms with Crippen LogP contribution in [0.5, 0.6) is 0 Å². The van der Waals surface area contributed by atoms with Crippen LogP contribution < -0.4 is 4.90 Å². The van der Waals surface area contributed by atoms with Crippen molar-refractivity contribution in [3.63, 3.8) is 0 Å². The van der Waals surface area contributed by atoms with E-state index < -0.39 is 6.09 Å². The van der Waals surface area contributed by atoms with Gasteiger partial charge in [-0.15, -0.1) is 0 Å². The molecule has 0 atom stereocenters. The molecule has 3 nitrogen and oxygen atoms in total. The van der Waals surface area contributed by atoms with Gasteiger partial charge < -0.3 is 4.74 Å². The minimum atomic E-state index is -0.459. The molecule has 5 heteroatoms. The minimum Gasteiger partial charge on any atom is -0.444 e. The number of carbonyl (C=O) groups excluding carboxylic acids is 1. The molecule has 74 valence electrons. The van der Waals surface area contributed by atoms with E-state index in [1.54, 1.807) is 19.2 Å². The molecule has 0 aliphatic carbocycles. The predicted octanol–water partition coefficient (Wildman–Crippen LogP) is 2.67. The van der Waals surface area contributed by atoms with E-state index in [1.165, 1.54) is 4.90 Å². The van der Waals surface area contributed by atoms with Crippen LogP contribution in [-0.2, 0) is 11.3 Å². The van der Waals surface area contributed by atoms with Crippen LogP contribution in [0.3, 0.4) is 0 Å². The number of hydrogen-bond donors (Lipinski definition) is 0. The third-order valence-corrected chi connectivity index (χ3v) is 2.76. The lowest BCUT2D eigenvalue weighted by Gasteiger charge is -2.25. The van der Waals surface area contributed by atoms with E-state index in [0.717, 1.165) is 0 Å². The van der Waals surface area contributed by atoms with Crippen LogP contribution in [0, 0.1) is 5.82 Å². The first-order valence-electron chi connectivity index (χ1n) is 3.98. The maximum atomic E-state index is 13.5. The number of ether oxygens (including phenoxy) is 1. The molecule has 1 aromatic carbocycles. The topological polar surface area (TPSA) is 29.5 Å². The maximum absolute atomic E-state index is 13.5. The van der Waals surface area contributed by atoms with Crippen molar-refractivity contribution in [3.05, 3.63) is 28.0 Å². The van der Waals surface area contributed by atoms with Crippen molar-refractivity contribution < 1.29 is 13.9 Å². The first-order chi connectivity index (χ1) is 6.61. The van der Waals surface area contributed by atoms with Crippen molar-refractivity contribution in [2.24, 2.45) is 0 Å². The fourth-order valence-electron chi connectivity index (χ4n) is 1.36. The normalized spacial score (nSPS) is 15.1. The fraction of sp³-hybridized carbons (Fsp3) is 0.222. The van der Waals surface area contributed by atoms with Gasteiger partial charge in [0.2, 0.25) is 0 Å². The van der Waals surface area contributed by atoms with Gasteiger partial charge in [0, 0.05) is 7.05 Å². The monoisotopic (exact) mass is 259 g/mol. The molecular formula is C9H7BrFNO2. The molecule has 0 radical (unpaired) electrons. The molecule has 0 saturated heterocycles. The summed E-state index contributed by atoms with van der Waals surface area (Å²) in [5, 5.41) is 0. The maximum Gasteiger partial charge on any atom is 0.414 e. The number of benzene rings is 1. The number of halogens is 2. The van der Waals surface area contributed by atoms with Gasteiger partial charge in [-0.3, -0.25) is 4.90 Å². The molecule has 0 unspecified atom stereocenters. The molecule has 1 aromatic rings. The first kappa shape index (κ1) is 9.45. The molecule has 1 aliphatic heterocycles. The van der Waals surface area contributed by atoms with E-state index in [2.05, 4.69) is 15.9 Å². The third-order valence-electron chi connectivity index (χ3n) is 2.15. The Hall–Kier alpha value is -1.10. The van der Waals surface area contributed by atoms with Crippen LogP contribution in [0.2, 0.25) is 0 Å². The van der Waals surface area contributed by atoms with Crippen molar-refractivity contribution in [2.75, 3.05) is 11.9 Å². The van der Waals surface area contributed by atoms with Gasteiger partial charge in [-0.2, -0.15) is 0 Å². The molecule has 0 aromatic heterocycles. The molecule has 1 heterocycles. The molecule has 0 saturated carbocycles. The van der Waals surface area contributed by atoms with Crippen LogP contribution in [0.4, 0.5) is 14.9 Å². The Kier molecular flexibility index (Phi) is 2.19. The Bertz CT molecular complexity index is 408. The number of cyclic esters (lactones) is 1. The number of fused-ring (bicyclic) bond motifs is 1. The Balaban J connectivity index is 2.59. The molecule has 0 spiro atoms. The molecular weight excluding hydrogens is 253 g/mol. The van der Waals surface area contributed by atoms with Gasteiger partial charge >= 0.3 is 6.09 Å². The van der Waals surface area contributed by atoms with Crippen LogP contribution in [0.15, 0.2) is 16.6 Å². The van der Waals surface area contributed by atoms with Crippen LogP contribution in [0.1, 0.15) is 5.56 Å². The number of anilines is 1. The van der Waals surface area contributed by atoms with E-state index in [9.17, 15) is 9.18 Å². The van der Waals surface area contributed by atoms with E-state index in [1.807, 2.05) is 0 Å². The quantitative estimate of drug-likeness (QED) is 0.717. The summed E-state index contributed by atoms with van der Waals surface area (Å²) in [7, 11) is 1.55. The lowest BCUT2D eigenvalue weighted by atomic mass is 10.1. The van der Waals surface area contributed by atoms with Gasteiger partial charge in [0.05, 0.1) is 15.7 Å². The average molecular weight is 260 g/mol. The second-order valence-corrected chi connectivity index (χ2v) is 3.83. The number of hydrogen-bond acceptors (Lipinski definition) is 2. The highest BCUT2D eigenvalue weighted by atomic mass is 79.9. The Labute approximate surface area is 88.6 Å². The summed E-state index contributed by atoms with van der Waals surface area (Å²) in [4.78, 5) is 12.4. The van der Waals surface area contributed by atoms with Crippen molar-refractivity contribution in [1.82, 2.24) is 0 Å². The third kappa shape index (κ3) is 1.28. The highest BCUT2D eigenvalue weighted by molar-refractivity contribution is 9.10. The van der Waals surface area contributed by atoms with Crippen molar-refractivity contribution in [1.29, 1.82) is 0 Å². The number of rotatable bonds is 0. The molecule has 1 aliphatic rings. The molecule has 0 bridgehead atoms. The van der Waals surface area contributed by atoms with Crippen LogP contribution in [-0.4, -0.2) is 13.1 Å². The van der Waals surface area contributed by atoms with Crippen molar-refractivity contribution >= 4 is 27.7 Å². The number of amides is 1. The number of nitrogens with zero attached hydrogens (tertiary/aromatic N) is 1. The zero-order chi connectivity index (χ0) is 10.3. The molecule has 2 rings (SSSR count). The highest BCUT2D eigenvalue weighted by Crippen LogP contribution is 2.31. The molecule has 14 heavy (non-hydrogen) atoms. The summed E-state index contributed by atoms with van der Waals surface area (Å²) in [5.74, 6) is -0.373. The lowest BCUT2D eigenvalue weighted by molar-refractivity contribution is 0.142. The summed E-state index contributed by atoms with van der Waals surface area (Å²) < 4.78 is 18.7. The van der Waals surface area contributed by atoms with Gasteiger partial charge in [0.25, 0.3) is 0 Å². The number of carbonyl (C=O) groups is 1. The van der Waals surface area contributed by atoms with E-state index in [-0.39, 0.29) is 12.4 Å². The van der Waals surface area contributed by atoms with Gasteiger partial charge in [-0.25, -0.2) is 9.18 Å². The Morgan fingerprint density at radius 2 is 2.29 bits per heavy atom. The molecule has 1 amide bonds. The Morgan fingerprint density at radius 1 is 1.57 bits per heavy atom. The fourth-order valence-corrected chi connectivity index (χ4v) is 1.73. The molecule has 0 fully saturated rings. The summed E-state index contributed by atoms with van der Waals surface area (Å²) in [5.41, 5.74) is 0.962. The van der Waals surface area contributed by atoms with Crippen molar-refractivity contribution in [2.45, 2.75) is 6.61 Å². The summed E-state index contributed by atoms with van der Waals surface area (Å²) >= 11 is 3.08. The lowest BCUT2D eigenvalue weighted by Crippen LogP contribution is -2.32. The predicted molar refractivity (Wildman–Crippen MR) is 52.7 cm³/mol. The molecule has 0 N–H and O–H groups in total. The van der Waals surface area contributed by atoms with Crippen LogP contribution >= 0.6 is 15.9 Å². The van der Waals surface area contributed by atoms with Gasteiger partial charge in [0.15, 0.2) is 0 Å². The van der Waals surface area contributed by atoms with E-state index in [0.29, 0.717) is 15.7 Å². The highest BCUT2D eigenvalue weighted by Gasteiger charge is 2.25. The van der Waals surface area contributed by atoms with Gasteiger partial charge in [-0.05, 0) is 28.1 Å². The average Bonchev–Trinajstić information content (AvgIpc) is 2.17. The standard InChI is InChI=1S/C9H7BrFNO2/c1-12-7-3-2-6(10)8(11)5(7)4-14-9(12)13/h2-3H,4H2,1H3. The first-order valence-corrected chi connectivity index (χ1v) is 4.78. The van der Waals surface area contributed by atoms with Gasteiger partial charge in [0.1, 0.15) is 12.4 Å². The second-order valence-electron chi connectivity index (χ2n) is 2.97. The smallest absolute Gasteiger partial charge is 0.414 e. The van der Waals surface area contributed by atoms with Gasteiger partial charge in [-0.1, -0.05) is 0 Å². The zero-order valence-electron chi connectivity index (χ0n) is 7.38. The van der Waals surface area contributed by atoms with E-state index in [4.69, 9.17) is 4.74 Å². The van der Waals surface area contributed by atoms with Crippen LogP contribution in [0.25, 0.3) is 0 Å². The summed E-state index contributed by atoms with van der Waals surface area (Å²) in [6.07, 6.45) is -0.459. The second kappa shape index (κ2) is 3.24. The summed E-state index contributed by atoms with van der Waals surface area (Å²) in [6.45, 7) is -0.0101. The summed E-state index contributed by atoms with van der Waals surface area (Å²) in [6, 6.07) is 3.26. The SMILES string of the molecule is CN1C(=O)OCc2c1ccc(Br)c2F. The largest absolute Gasteiger partial charge is 0.444 e. The zero-order valence-corrected chi connectivity index (χ0v) is 8.97. The van der Waals surface area contributed by atoms with Crippen molar-refractivity contribution in [3.8, 4) is 0 Å². The van der Waals surface area contributed by atoms with E-state index >= 15 is 0 Å². The minimum absolute atomic E-state index is 0.0101. The Morgan fingerprint density at radius 3 is 3.00 bits per heavy atom.